The summed E-state index contributed by atoms with van der Waals surface area (Å²) in [6, 6.07) is 13.4. The Hall–Kier alpha value is -3.08. The Labute approximate surface area is 199 Å². The summed E-state index contributed by atoms with van der Waals surface area (Å²) in [7, 11) is 0. The largest absolute Gasteiger partial charge is 0.490 e. The van der Waals surface area contributed by atoms with E-state index in [-0.39, 0.29) is 17.1 Å². The molecular formula is C29H32O5. The molecule has 1 heterocycles. The third-order valence-corrected chi connectivity index (χ3v) is 7.62. The lowest BCUT2D eigenvalue weighted by Crippen LogP contribution is -2.37. The van der Waals surface area contributed by atoms with Crippen molar-refractivity contribution in [1.82, 2.24) is 0 Å². The summed E-state index contributed by atoms with van der Waals surface area (Å²) in [4.78, 5) is 24.1. The smallest absolute Gasteiger partial charge is 0.335 e. The second-order valence-electron chi connectivity index (χ2n) is 9.89. The minimum absolute atomic E-state index is 0.129. The van der Waals surface area contributed by atoms with Gasteiger partial charge in [0.2, 0.25) is 0 Å². The highest BCUT2D eigenvalue weighted by Crippen LogP contribution is 2.38. The zero-order valence-electron chi connectivity index (χ0n) is 19.5. The standard InChI is InChI=1S/C29H32O5/c30-25-18-27(19-11-13-22(14-12-19)29(31)32)34-26-16-15-23(17-24(25)26)33-28(20-7-3-1-4-8-20)21-9-5-2-6-10-21/h11-18,20-21,28H,1-10H2,(H,31,32). The monoisotopic (exact) mass is 460 g/mol. The van der Waals surface area contributed by atoms with Crippen molar-refractivity contribution in [2.75, 3.05) is 0 Å². The average Bonchev–Trinajstić information content (AvgIpc) is 2.88. The van der Waals surface area contributed by atoms with E-state index in [4.69, 9.17) is 14.3 Å². The molecule has 0 aliphatic heterocycles. The predicted octanol–water partition coefficient (Wildman–Crippen LogP) is 7.07. The molecule has 0 spiro atoms. The van der Waals surface area contributed by atoms with Gasteiger partial charge in [-0.15, -0.1) is 0 Å². The van der Waals surface area contributed by atoms with Crippen LogP contribution < -0.4 is 10.2 Å². The number of hydrogen-bond donors (Lipinski definition) is 1. The molecule has 178 valence electrons. The highest BCUT2D eigenvalue weighted by atomic mass is 16.5. The van der Waals surface area contributed by atoms with Gasteiger partial charge in [0.15, 0.2) is 5.43 Å². The van der Waals surface area contributed by atoms with E-state index in [9.17, 15) is 9.59 Å². The third kappa shape index (κ3) is 4.89. The van der Waals surface area contributed by atoms with E-state index in [0.717, 1.165) is 5.75 Å². The molecule has 0 bridgehead atoms. The lowest BCUT2D eigenvalue weighted by molar-refractivity contribution is 0.0391. The Balaban J connectivity index is 1.42. The molecule has 5 heteroatoms. The normalized spacial score (nSPS) is 17.8. The number of carboxylic acids is 1. The first-order valence-electron chi connectivity index (χ1n) is 12.7. The number of ether oxygens (including phenoxy) is 1. The second-order valence-corrected chi connectivity index (χ2v) is 9.89. The maximum Gasteiger partial charge on any atom is 0.335 e. The maximum absolute atomic E-state index is 13.0. The number of carboxylic acid groups (broad SMARTS) is 1. The van der Waals surface area contributed by atoms with E-state index in [0.29, 0.717) is 34.1 Å². The van der Waals surface area contributed by atoms with Crippen LogP contribution in [0.3, 0.4) is 0 Å². The lowest BCUT2D eigenvalue weighted by atomic mass is 9.75. The molecule has 0 radical (unpaired) electrons. The summed E-state index contributed by atoms with van der Waals surface area (Å²) in [5.74, 6) is 1.38. The van der Waals surface area contributed by atoms with Gasteiger partial charge >= 0.3 is 5.97 Å². The summed E-state index contributed by atoms with van der Waals surface area (Å²) in [6.07, 6.45) is 13.0. The average molecular weight is 461 g/mol. The second kappa shape index (κ2) is 10.0. The first-order valence-corrected chi connectivity index (χ1v) is 12.7. The summed E-state index contributed by atoms with van der Waals surface area (Å²) in [5.41, 5.74) is 1.23. The molecular weight excluding hydrogens is 428 g/mol. The highest BCUT2D eigenvalue weighted by molar-refractivity contribution is 5.88. The van der Waals surface area contributed by atoms with E-state index in [1.165, 1.54) is 82.4 Å². The van der Waals surface area contributed by atoms with Gasteiger partial charge in [-0.05, 0) is 67.9 Å². The van der Waals surface area contributed by atoms with Crippen LogP contribution in [0.15, 0.2) is 57.7 Å². The molecule has 0 atom stereocenters. The van der Waals surface area contributed by atoms with Crippen molar-refractivity contribution < 1.29 is 19.1 Å². The first-order chi connectivity index (χ1) is 16.6. The molecule has 1 aromatic heterocycles. The number of carbonyl (C=O) groups is 1. The van der Waals surface area contributed by atoms with E-state index in [1.807, 2.05) is 18.2 Å². The zero-order chi connectivity index (χ0) is 23.5. The summed E-state index contributed by atoms with van der Waals surface area (Å²) >= 11 is 0. The van der Waals surface area contributed by atoms with Crippen molar-refractivity contribution in [3.8, 4) is 17.1 Å². The van der Waals surface area contributed by atoms with Crippen molar-refractivity contribution in [3.63, 3.8) is 0 Å². The fourth-order valence-electron chi connectivity index (χ4n) is 5.79. The van der Waals surface area contributed by atoms with E-state index >= 15 is 0 Å². The number of benzene rings is 2. The molecule has 2 aliphatic carbocycles. The van der Waals surface area contributed by atoms with Gasteiger partial charge in [0.1, 0.15) is 23.2 Å². The number of hydrogen-bond acceptors (Lipinski definition) is 4. The molecule has 2 fully saturated rings. The van der Waals surface area contributed by atoms with Crippen LogP contribution in [-0.2, 0) is 0 Å². The fraction of sp³-hybridized carbons (Fsp3) is 0.448. The molecule has 0 saturated heterocycles. The lowest BCUT2D eigenvalue weighted by Gasteiger charge is -2.37. The van der Waals surface area contributed by atoms with Gasteiger partial charge in [-0.2, -0.15) is 0 Å². The fourth-order valence-corrected chi connectivity index (χ4v) is 5.79. The van der Waals surface area contributed by atoms with Gasteiger partial charge in [-0.3, -0.25) is 4.79 Å². The van der Waals surface area contributed by atoms with Gasteiger partial charge in [0.05, 0.1) is 10.9 Å². The van der Waals surface area contributed by atoms with E-state index in [2.05, 4.69) is 0 Å². The van der Waals surface area contributed by atoms with Gasteiger partial charge in [-0.1, -0.05) is 50.7 Å². The van der Waals surface area contributed by atoms with Crippen LogP contribution in [0.4, 0.5) is 0 Å². The Kier molecular flexibility index (Phi) is 6.70. The van der Waals surface area contributed by atoms with Crippen molar-refractivity contribution in [3.05, 3.63) is 64.3 Å². The van der Waals surface area contributed by atoms with E-state index in [1.54, 1.807) is 12.1 Å². The maximum atomic E-state index is 13.0. The molecule has 5 rings (SSSR count). The minimum Gasteiger partial charge on any atom is -0.490 e. The highest BCUT2D eigenvalue weighted by Gasteiger charge is 2.33. The SMILES string of the molecule is O=C(O)c1ccc(-c2cc(=O)c3cc(OC(C4CCCCC4)C4CCCCC4)ccc3o2)cc1. The van der Waals surface area contributed by atoms with Crippen LogP contribution in [0, 0.1) is 11.8 Å². The minimum atomic E-state index is -0.987. The zero-order valence-corrected chi connectivity index (χ0v) is 19.5. The Morgan fingerprint density at radius 2 is 1.47 bits per heavy atom. The van der Waals surface area contributed by atoms with E-state index < -0.39 is 5.97 Å². The Morgan fingerprint density at radius 1 is 0.853 bits per heavy atom. The number of aromatic carboxylic acids is 1. The summed E-state index contributed by atoms with van der Waals surface area (Å²) in [6.45, 7) is 0. The van der Waals surface area contributed by atoms with Gasteiger partial charge in [0.25, 0.3) is 0 Å². The molecule has 0 unspecified atom stereocenters. The molecule has 3 aromatic rings. The van der Waals surface area contributed by atoms with Crippen LogP contribution in [0.25, 0.3) is 22.3 Å². The summed E-state index contributed by atoms with van der Waals surface area (Å²) in [5, 5.41) is 9.61. The quantitative estimate of drug-likeness (QED) is 0.426. The van der Waals surface area contributed by atoms with Gasteiger partial charge < -0.3 is 14.3 Å². The third-order valence-electron chi connectivity index (χ3n) is 7.62. The molecule has 0 amide bonds. The molecule has 2 aliphatic rings. The van der Waals surface area contributed by atoms with Gasteiger partial charge in [0, 0.05) is 11.6 Å². The van der Waals surface area contributed by atoms with Crippen LogP contribution in [0.2, 0.25) is 0 Å². The molecule has 1 N–H and O–H groups in total. The van der Waals surface area contributed by atoms with Crippen molar-refractivity contribution in [2.24, 2.45) is 11.8 Å². The molecule has 34 heavy (non-hydrogen) atoms. The topological polar surface area (TPSA) is 76.7 Å². The molecule has 2 saturated carbocycles. The number of fused-ring (bicyclic) bond motifs is 1. The molecule has 2 aromatic carbocycles. The van der Waals surface area contributed by atoms with Crippen molar-refractivity contribution >= 4 is 16.9 Å². The van der Waals surface area contributed by atoms with Crippen LogP contribution >= 0.6 is 0 Å². The van der Waals surface area contributed by atoms with Gasteiger partial charge in [-0.25, -0.2) is 4.79 Å². The molecule has 5 nitrogen and oxygen atoms in total. The van der Waals surface area contributed by atoms with Crippen LogP contribution in [0.1, 0.15) is 74.6 Å². The van der Waals surface area contributed by atoms with Crippen molar-refractivity contribution in [1.29, 1.82) is 0 Å². The summed E-state index contributed by atoms with van der Waals surface area (Å²) < 4.78 is 12.7. The predicted molar refractivity (Wildman–Crippen MR) is 132 cm³/mol. The Morgan fingerprint density at radius 3 is 2.06 bits per heavy atom. The Bertz CT molecular complexity index is 1180. The first kappa shape index (κ1) is 22.7. The van der Waals surface area contributed by atoms with Crippen molar-refractivity contribution in [2.45, 2.75) is 70.3 Å². The van der Waals surface area contributed by atoms with Crippen LogP contribution in [-0.4, -0.2) is 17.2 Å². The van der Waals surface area contributed by atoms with Crippen LogP contribution in [0.5, 0.6) is 5.75 Å². The number of rotatable bonds is 6.